The molecule has 0 aromatic heterocycles. The molecule has 0 spiro atoms. The molecule has 1 saturated carbocycles. The van der Waals surface area contributed by atoms with Crippen molar-refractivity contribution in [2.75, 3.05) is 19.8 Å². The van der Waals surface area contributed by atoms with Gasteiger partial charge in [-0.2, -0.15) is 13.2 Å². The highest BCUT2D eigenvalue weighted by molar-refractivity contribution is 5.68. The van der Waals surface area contributed by atoms with Gasteiger partial charge in [0.25, 0.3) is 0 Å². The minimum absolute atomic E-state index is 0.0501. The summed E-state index contributed by atoms with van der Waals surface area (Å²) < 4.78 is 45.8. The predicted octanol–water partition coefficient (Wildman–Crippen LogP) is 2.33. The largest absolute Gasteiger partial charge is 0.440 e. The fourth-order valence-corrected chi connectivity index (χ4v) is 2.55. The van der Waals surface area contributed by atoms with E-state index in [1.165, 1.54) is 4.90 Å². The number of amides is 1. The molecule has 2 fully saturated rings. The highest BCUT2D eigenvalue weighted by atomic mass is 19.4. The highest BCUT2D eigenvalue weighted by Gasteiger charge is 2.39. The summed E-state index contributed by atoms with van der Waals surface area (Å²) in [5.41, 5.74) is 0. The number of hydrogen-bond acceptors (Lipinski definition) is 3. The van der Waals surface area contributed by atoms with E-state index < -0.39 is 18.9 Å². The molecule has 2 aliphatic rings. The van der Waals surface area contributed by atoms with Crippen LogP contribution in [0.3, 0.4) is 0 Å². The second kappa shape index (κ2) is 5.34. The Kier molecular flexibility index (Phi) is 3.99. The van der Waals surface area contributed by atoms with Crippen LogP contribution in [0.4, 0.5) is 18.0 Å². The lowest BCUT2D eigenvalue weighted by molar-refractivity contribution is -0.166. The third-order valence-corrected chi connectivity index (χ3v) is 3.33. The first-order valence-corrected chi connectivity index (χ1v) is 6.09. The first-order valence-electron chi connectivity index (χ1n) is 6.09. The standard InChI is InChI=1S/C11H16F3NO3/c12-11(13,14)7-18-10(16)15-5-6-17-9-4-2-1-3-8(9)15/h8-9H,1-7H2. The molecule has 0 aromatic carbocycles. The molecule has 0 radical (unpaired) electrons. The van der Waals surface area contributed by atoms with Crippen LogP contribution in [-0.2, 0) is 9.47 Å². The number of nitrogens with zero attached hydrogens (tertiary/aromatic N) is 1. The van der Waals surface area contributed by atoms with E-state index in [4.69, 9.17) is 4.74 Å². The van der Waals surface area contributed by atoms with Gasteiger partial charge in [0, 0.05) is 6.54 Å². The van der Waals surface area contributed by atoms with Crippen molar-refractivity contribution in [2.24, 2.45) is 0 Å². The van der Waals surface area contributed by atoms with Gasteiger partial charge in [0.05, 0.1) is 18.8 Å². The molecular formula is C11H16F3NO3. The van der Waals surface area contributed by atoms with Crippen LogP contribution in [-0.4, -0.2) is 49.1 Å². The Balaban J connectivity index is 1.91. The van der Waals surface area contributed by atoms with Crippen molar-refractivity contribution in [3.05, 3.63) is 0 Å². The van der Waals surface area contributed by atoms with Gasteiger partial charge in [-0.25, -0.2) is 4.79 Å². The number of carbonyl (C=O) groups is 1. The van der Waals surface area contributed by atoms with Gasteiger partial charge in [-0.3, -0.25) is 0 Å². The topological polar surface area (TPSA) is 38.8 Å². The lowest BCUT2D eigenvalue weighted by atomic mass is 9.90. The van der Waals surface area contributed by atoms with Crippen LogP contribution in [0, 0.1) is 0 Å². The molecule has 4 nitrogen and oxygen atoms in total. The number of rotatable bonds is 1. The molecule has 2 atom stereocenters. The molecule has 0 bridgehead atoms. The van der Waals surface area contributed by atoms with E-state index >= 15 is 0 Å². The molecule has 1 amide bonds. The number of alkyl halides is 3. The summed E-state index contributed by atoms with van der Waals surface area (Å²) in [4.78, 5) is 13.0. The molecule has 104 valence electrons. The summed E-state index contributed by atoms with van der Waals surface area (Å²) in [5.74, 6) is 0. The van der Waals surface area contributed by atoms with Crippen molar-refractivity contribution in [3.63, 3.8) is 0 Å². The first kappa shape index (κ1) is 13.5. The lowest BCUT2D eigenvalue weighted by Gasteiger charge is -2.43. The van der Waals surface area contributed by atoms with Gasteiger partial charge in [0.15, 0.2) is 6.61 Å². The van der Waals surface area contributed by atoms with E-state index in [0.29, 0.717) is 13.2 Å². The zero-order chi connectivity index (χ0) is 13.2. The van der Waals surface area contributed by atoms with E-state index in [-0.39, 0.29) is 12.1 Å². The van der Waals surface area contributed by atoms with Gasteiger partial charge in [-0.05, 0) is 12.8 Å². The number of carbonyl (C=O) groups excluding carboxylic acids is 1. The minimum atomic E-state index is -4.48. The van der Waals surface area contributed by atoms with Crippen LogP contribution < -0.4 is 0 Å². The molecule has 2 unspecified atom stereocenters. The number of morpholine rings is 1. The van der Waals surface area contributed by atoms with Crippen molar-refractivity contribution in [1.82, 2.24) is 4.90 Å². The van der Waals surface area contributed by atoms with Crippen molar-refractivity contribution in [2.45, 2.75) is 44.0 Å². The lowest BCUT2D eigenvalue weighted by Crippen LogP contribution is -2.55. The number of halogens is 3. The van der Waals surface area contributed by atoms with Gasteiger partial charge in [-0.15, -0.1) is 0 Å². The van der Waals surface area contributed by atoms with Crippen molar-refractivity contribution >= 4 is 6.09 Å². The van der Waals surface area contributed by atoms with Crippen LogP contribution in [0.2, 0.25) is 0 Å². The summed E-state index contributed by atoms with van der Waals surface area (Å²) in [6.07, 6.45) is -1.79. The Labute approximate surface area is 103 Å². The highest BCUT2D eigenvalue weighted by Crippen LogP contribution is 2.29. The Morgan fingerprint density at radius 3 is 2.78 bits per heavy atom. The Morgan fingerprint density at radius 1 is 1.33 bits per heavy atom. The van der Waals surface area contributed by atoms with Crippen LogP contribution in [0.15, 0.2) is 0 Å². The molecule has 2 rings (SSSR count). The van der Waals surface area contributed by atoms with Gasteiger partial charge < -0.3 is 14.4 Å². The third-order valence-electron chi connectivity index (χ3n) is 3.33. The molecule has 18 heavy (non-hydrogen) atoms. The molecular weight excluding hydrogens is 251 g/mol. The fraction of sp³-hybridized carbons (Fsp3) is 0.909. The summed E-state index contributed by atoms with van der Waals surface area (Å²) in [5, 5.41) is 0. The molecule has 1 heterocycles. The predicted molar refractivity (Wildman–Crippen MR) is 56.1 cm³/mol. The van der Waals surface area contributed by atoms with E-state index in [2.05, 4.69) is 4.74 Å². The molecule has 0 aromatic rings. The zero-order valence-electron chi connectivity index (χ0n) is 9.91. The van der Waals surface area contributed by atoms with Crippen LogP contribution in [0.1, 0.15) is 25.7 Å². The fourth-order valence-electron chi connectivity index (χ4n) is 2.55. The Bertz CT molecular complexity index is 306. The van der Waals surface area contributed by atoms with Crippen molar-refractivity contribution in [3.8, 4) is 0 Å². The van der Waals surface area contributed by atoms with E-state index in [1.54, 1.807) is 0 Å². The quantitative estimate of drug-likeness (QED) is 0.732. The van der Waals surface area contributed by atoms with E-state index in [9.17, 15) is 18.0 Å². The van der Waals surface area contributed by atoms with Gasteiger partial charge in [0.2, 0.25) is 0 Å². The summed E-state index contributed by atoms with van der Waals surface area (Å²) in [6.45, 7) is -0.860. The number of hydrogen-bond donors (Lipinski definition) is 0. The molecule has 1 saturated heterocycles. The molecule has 1 aliphatic heterocycles. The second-order valence-corrected chi connectivity index (χ2v) is 4.62. The number of fused-ring (bicyclic) bond motifs is 1. The zero-order valence-corrected chi connectivity index (χ0v) is 9.91. The monoisotopic (exact) mass is 267 g/mol. The molecule has 7 heteroatoms. The Morgan fingerprint density at radius 2 is 2.06 bits per heavy atom. The second-order valence-electron chi connectivity index (χ2n) is 4.62. The van der Waals surface area contributed by atoms with Crippen LogP contribution in [0.5, 0.6) is 0 Å². The SMILES string of the molecule is O=C(OCC(F)(F)F)N1CCOC2CCCCC21. The average molecular weight is 267 g/mol. The normalized spacial score (nSPS) is 28.7. The minimum Gasteiger partial charge on any atom is -0.440 e. The van der Waals surface area contributed by atoms with Crippen molar-refractivity contribution < 1.29 is 27.4 Å². The summed E-state index contributed by atoms with van der Waals surface area (Å²) in [6, 6.07) is -0.131. The average Bonchev–Trinajstić information content (AvgIpc) is 2.34. The molecule has 0 N–H and O–H groups in total. The van der Waals surface area contributed by atoms with Gasteiger partial charge >= 0.3 is 12.3 Å². The number of ether oxygens (including phenoxy) is 2. The third kappa shape index (κ3) is 3.28. The van der Waals surface area contributed by atoms with E-state index in [0.717, 1.165) is 25.7 Å². The van der Waals surface area contributed by atoms with Crippen LogP contribution in [0.25, 0.3) is 0 Å². The maximum atomic E-state index is 12.0. The smallest absolute Gasteiger partial charge is 0.422 e. The van der Waals surface area contributed by atoms with Gasteiger partial charge in [0.1, 0.15) is 0 Å². The summed E-state index contributed by atoms with van der Waals surface area (Å²) in [7, 11) is 0. The van der Waals surface area contributed by atoms with Gasteiger partial charge in [-0.1, -0.05) is 12.8 Å². The molecule has 1 aliphatic carbocycles. The maximum absolute atomic E-state index is 12.0. The Hall–Kier alpha value is -0.980. The van der Waals surface area contributed by atoms with Crippen LogP contribution >= 0.6 is 0 Å². The summed E-state index contributed by atoms with van der Waals surface area (Å²) >= 11 is 0. The first-order chi connectivity index (χ1) is 8.47. The van der Waals surface area contributed by atoms with E-state index in [1.807, 2.05) is 0 Å². The maximum Gasteiger partial charge on any atom is 0.422 e. The van der Waals surface area contributed by atoms with Crippen molar-refractivity contribution in [1.29, 1.82) is 0 Å².